The van der Waals surface area contributed by atoms with E-state index in [1.54, 1.807) is 0 Å². The van der Waals surface area contributed by atoms with E-state index in [2.05, 4.69) is 20.6 Å². The van der Waals surface area contributed by atoms with E-state index in [0.29, 0.717) is 32.0 Å². The highest BCUT2D eigenvalue weighted by molar-refractivity contribution is 5.79. The first-order valence-electron chi connectivity index (χ1n) is 9.31. The average Bonchev–Trinajstić information content (AvgIpc) is 2.71. The summed E-state index contributed by atoms with van der Waals surface area (Å²) in [6.07, 6.45) is -3.78. The van der Waals surface area contributed by atoms with Crippen LogP contribution in [0.1, 0.15) is 30.6 Å². The summed E-state index contributed by atoms with van der Waals surface area (Å²) in [5.41, 5.74) is 0.0281. The number of guanidine groups is 1. The molecule has 2 rings (SSSR count). The van der Waals surface area contributed by atoms with Gasteiger partial charge in [0.1, 0.15) is 6.61 Å². The molecule has 6 nitrogen and oxygen atoms in total. The monoisotopic (exact) mass is 410 g/mol. The van der Waals surface area contributed by atoms with Gasteiger partial charge in [0.15, 0.2) is 5.96 Å². The molecule has 9 heteroatoms. The van der Waals surface area contributed by atoms with Gasteiger partial charge in [-0.05, 0) is 25.0 Å². The van der Waals surface area contributed by atoms with E-state index in [0.717, 1.165) is 17.8 Å². The molecule has 0 radical (unpaired) electrons. The van der Waals surface area contributed by atoms with Gasteiger partial charge in [0.25, 0.3) is 0 Å². The minimum absolute atomic E-state index is 0.118. The number of hydrogen-bond donors (Lipinski definition) is 3. The second kappa shape index (κ2) is 11.3. The number of ether oxygens (including phenoxy) is 1. The Morgan fingerprint density at radius 3 is 2.55 bits per heavy atom. The van der Waals surface area contributed by atoms with Gasteiger partial charge in [-0.3, -0.25) is 4.99 Å². The van der Waals surface area contributed by atoms with E-state index in [4.69, 9.17) is 4.74 Å². The molecule has 1 aromatic heterocycles. The normalized spacial score (nSPS) is 13.1. The molecule has 1 heterocycles. The van der Waals surface area contributed by atoms with Crippen LogP contribution >= 0.6 is 0 Å². The van der Waals surface area contributed by atoms with Crippen molar-refractivity contribution in [2.75, 3.05) is 26.2 Å². The molecular weight excluding hydrogens is 385 g/mol. The van der Waals surface area contributed by atoms with Gasteiger partial charge in [-0.1, -0.05) is 30.3 Å². The molecule has 1 unspecified atom stereocenters. The van der Waals surface area contributed by atoms with Crippen LogP contribution in [0.15, 0.2) is 53.7 Å². The van der Waals surface area contributed by atoms with Crippen molar-refractivity contribution in [2.24, 2.45) is 4.99 Å². The number of aromatic nitrogens is 1. The fraction of sp³-hybridized carbons (Fsp3) is 0.400. The average molecular weight is 410 g/mol. The maximum atomic E-state index is 12.5. The van der Waals surface area contributed by atoms with Gasteiger partial charge in [0.05, 0.1) is 18.2 Å². The quantitative estimate of drug-likeness (QED) is 0.336. The minimum atomic E-state index is -4.42. The Bertz CT molecular complexity index is 753. The number of rotatable bonds is 9. The molecule has 158 valence electrons. The fourth-order valence-electron chi connectivity index (χ4n) is 2.44. The summed E-state index contributed by atoms with van der Waals surface area (Å²) in [7, 11) is 0. The molecule has 1 aromatic carbocycles. The molecule has 0 amide bonds. The Balaban J connectivity index is 1.74. The van der Waals surface area contributed by atoms with E-state index < -0.39 is 17.8 Å². The van der Waals surface area contributed by atoms with Gasteiger partial charge in [-0.25, -0.2) is 4.98 Å². The van der Waals surface area contributed by atoms with E-state index in [-0.39, 0.29) is 12.5 Å². The number of nitrogens with zero attached hydrogens (tertiary/aromatic N) is 2. The van der Waals surface area contributed by atoms with Crippen molar-refractivity contribution >= 4 is 5.96 Å². The van der Waals surface area contributed by atoms with Crippen LogP contribution in [-0.2, 0) is 6.18 Å². The van der Waals surface area contributed by atoms with Crippen molar-refractivity contribution in [3.05, 3.63) is 59.8 Å². The van der Waals surface area contributed by atoms with Gasteiger partial charge in [-0.15, -0.1) is 0 Å². The molecule has 0 fully saturated rings. The van der Waals surface area contributed by atoms with Crippen molar-refractivity contribution < 1.29 is 23.0 Å². The maximum absolute atomic E-state index is 12.5. The highest BCUT2D eigenvalue weighted by Crippen LogP contribution is 2.29. The number of halogens is 3. The molecule has 0 spiro atoms. The number of aliphatic hydroxyl groups excluding tert-OH is 1. The Morgan fingerprint density at radius 1 is 1.17 bits per heavy atom. The van der Waals surface area contributed by atoms with E-state index in [9.17, 15) is 18.3 Å². The smallest absolute Gasteiger partial charge is 0.417 e. The highest BCUT2D eigenvalue weighted by atomic mass is 19.4. The lowest BCUT2D eigenvalue weighted by molar-refractivity contribution is -0.137. The van der Waals surface area contributed by atoms with Gasteiger partial charge in [-0.2, -0.15) is 13.2 Å². The predicted octanol–water partition coefficient (Wildman–Crippen LogP) is 3.16. The van der Waals surface area contributed by atoms with Gasteiger partial charge in [0.2, 0.25) is 5.88 Å². The zero-order chi connectivity index (χ0) is 21.1. The van der Waals surface area contributed by atoms with Crippen LogP contribution in [0.4, 0.5) is 13.2 Å². The summed E-state index contributed by atoms with van der Waals surface area (Å²) in [6, 6.07) is 11.5. The third-order valence-corrected chi connectivity index (χ3v) is 3.91. The molecule has 0 aliphatic carbocycles. The van der Waals surface area contributed by atoms with Crippen LogP contribution in [0, 0.1) is 0 Å². The summed E-state index contributed by atoms with van der Waals surface area (Å²) in [5.74, 6) is 0.685. The maximum Gasteiger partial charge on any atom is 0.417 e. The number of pyridine rings is 1. The lowest BCUT2D eigenvalue weighted by Crippen LogP contribution is -2.39. The lowest BCUT2D eigenvalue weighted by atomic mass is 10.1. The Hall–Kier alpha value is -2.81. The molecule has 0 aliphatic heterocycles. The second-order valence-electron chi connectivity index (χ2n) is 6.13. The van der Waals surface area contributed by atoms with Crippen molar-refractivity contribution in [2.45, 2.75) is 25.6 Å². The van der Waals surface area contributed by atoms with Crippen molar-refractivity contribution in [1.82, 2.24) is 15.6 Å². The molecule has 3 N–H and O–H groups in total. The van der Waals surface area contributed by atoms with Crippen molar-refractivity contribution in [1.29, 1.82) is 0 Å². The van der Waals surface area contributed by atoms with Gasteiger partial charge < -0.3 is 20.5 Å². The number of aliphatic imine (C=N–C) groups is 1. The molecule has 0 saturated heterocycles. The zero-order valence-corrected chi connectivity index (χ0v) is 16.1. The van der Waals surface area contributed by atoms with Crippen LogP contribution in [0.3, 0.4) is 0 Å². The molecule has 2 aromatic rings. The highest BCUT2D eigenvalue weighted by Gasteiger charge is 2.30. The zero-order valence-electron chi connectivity index (χ0n) is 16.1. The number of aliphatic hydroxyl groups is 1. The van der Waals surface area contributed by atoms with E-state index in [1.165, 1.54) is 6.07 Å². The van der Waals surface area contributed by atoms with E-state index in [1.807, 2.05) is 37.3 Å². The first kappa shape index (κ1) is 22.5. The number of benzene rings is 1. The summed E-state index contributed by atoms with van der Waals surface area (Å²) < 4.78 is 42.9. The molecule has 0 aliphatic rings. The van der Waals surface area contributed by atoms with E-state index >= 15 is 0 Å². The largest absolute Gasteiger partial charge is 0.476 e. The molecule has 29 heavy (non-hydrogen) atoms. The first-order chi connectivity index (χ1) is 13.9. The number of hydrogen-bond acceptors (Lipinski definition) is 4. The number of nitrogens with one attached hydrogen (secondary N) is 2. The summed E-state index contributed by atoms with van der Waals surface area (Å²) in [4.78, 5) is 8.05. The Labute approximate surface area is 167 Å². The predicted molar refractivity (Wildman–Crippen MR) is 105 cm³/mol. The third kappa shape index (κ3) is 7.98. The van der Waals surface area contributed by atoms with Crippen molar-refractivity contribution in [3.63, 3.8) is 0 Å². The van der Waals surface area contributed by atoms with Crippen LogP contribution in [0.2, 0.25) is 0 Å². The molecule has 0 bridgehead atoms. The summed E-state index contributed by atoms with van der Waals surface area (Å²) in [6.45, 7) is 3.60. The third-order valence-electron chi connectivity index (χ3n) is 3.91. The second-order valence-corrected chi connectivity index (χ2v) is 6.13. The summed E-state index contributed by atoms with van der Waals surface area (Å²) in [5, 5.41) is 16.3. The lowest BCUT2D eigenvalue weighted by Gasteiger charge is -2.13. The Kier molecular flexibility index (Phi) is 8.72. The van der Waals surface area contributed by atoms with Gasteiger partial charge in [0, 0.05) is 25.4 Å². The van der Waals surface area contributed by atoms with Crippen LogP contribution in [0.25, 0.3) is 0 Å². The molecular formula is C20H25F3N4O2. The van der Waals surface area contributed by atoms with Crippen LogP contribution < -0.4 is 15.4 Å². The SMILES string of the molecule is CCNC(=NCCC(O)c1ccccc1)NCCOc1ccc(C(F)(F)F)cn1. The first-order valence-corrected chi connectivity index (χ1v) is 9.31. The summed E-state index contributed by atoms with van der Waals surface area (Å²) >= 11 is 0. The fourth-order valence-corrected chi connectivity index (χ4v) is 2.44. The topological polar surface area (TPSA) is 78.8 Å². The van der Waals surface area contributed by atoms with Crippen LogP contribution in [0.5, 0.6) is 5.88 Å². The molecule has 1 atom stereocenters. The van der Waals surface area contributed by atoms with Crippen LogP contribution in [-0.4, -0.2) is 42.3 Å². The number of alkyl halides is 3. The Morgan fingerprint density at radius 2 is 1.93 bits per heavy atom. The minimum Gasteiger partial charge on any atom is -0.476 e. The molecule has 0 saturated carbocycles. The van der Waals surface area contributed by atoms with Crippen molar-refractivity contribution in [3.8, 4) is 5.88 Å². The standard InChI is InChI=1S/C20H25F3N4O2/c1-2-24-19(25-11-10-17(28)15-6-4-3-5-7-15)26-12-13-29-18-9-8-16(14-27-18)20(21,22)23/h3-9,14,17,28H,2,10-13H2,1H3,(H2,24,25,26). The van der Waals surface area contributed by atoms with Gasteiger partial charge >= 0.3 is 6.18 Å².